The molecule has 0 saturated heterocycles. The normalized spacial score (nSPS) is 12.2. The van der Waals surface area contributed by atoms with Gasteiger partial charge in [-0.1, -0.05) is 97.1 Å². The highest BCUT2D eigenvalue weighted by atomic mass is 32.1. The van der Waals surface area contributed by atoms with Gasteiger partial charge in [0.05, 0.1) is 26.9 Å². The van der Waals surface area contributed by atoms with Gasteiger partial charge < -0.3 is 4.42 Å². The molecule has 0 aliphatic carbocycles. The van der Waals surface area contributed by atoms with Crippen molar-refractivity contribution in [1.29, 1.82) is 0 Å². The molecule has 0 saturated carbocycles. The Kier molecular flexibility index (Phi) is 5.20. The molecule has 11 rings (SSSR count). The smallest absolute Gasteiger partial charge is 0.220 e. The van der Waals surface area contributed by atoms with Crippen molar-refractivity contribution in [2.24, 2.45) is 0 Å². The first-order chi connectivity index (χ1) is 23.8. The molecule has 5 aromatic heterocycles. The number of aromatic nitrogens is 4. The Bertz CT molecular complexity index is 3090. The third kappa shape index (κ3) is 3.44. The van der Waals surface area contributed by atoms with Crippen molar-refractivity contribution in [2.45, 2.75) is 0 Å². The molecule has 0 atom stereocenters. The van der Waals surface area contributed by atoms with E-state index in [1.807, 2.05) is 35.7 Å². The number of fused-ring (bicyclic) bond motifs is 12. The number of rotatable bonds is 3. The van der Waals surface area contributed by atoms with Crippen LogP contribution < -0.4 is 0 Å². The molecule has 6 aromatic carbocycles. The lowest BCUT2D eigenvalue weighted by molar-refractivity contribution is 0.668. The average molecular weight is 633 g/mol. The third-order valence-electron chi connectivity index (χ3n) is 9.63. The summed E-state index contributed by atoms with van der Waals surface area (Å²) in [4.78, 5) is 10.4. The fourth-order valence-corrected chi connectivity index (χ4v) is 8.74. The monoisotopic (exact) mass is 632 g/mol. The second kappa shape index (κ2) is 9.64. The molecule has 0 amide bonds. The zero-order chi connectivity index (χ0) is 31.3. The number of pyridine rings is 1. The molecule has 5 heterocycles. The van der Waals surface area contributed by atoms with Crippen molar-refractivity contribution in [3.05, 3.63) is 146 Å². The summed E-state index contributed by atoms with van der Waals surface area (Å²) in [5.74, 6) is 0.888. The van der Waals surface area contributed by atoms with Crippen molar-refractivity contribution in [2.75, 3.05) is 0 Å². The van der Waals surface area contributed by atoms with Crippen LogP contribution in [0.25, 0.3) is 98.0 Å². The SMILES string of the molecule is c1ccc(-c2nccc3c2oc2ccccc23)c(-c2ccccc2-n2c3ccccc3n3c4ccc5c6ccccc6sc5c4nc23)c1. The molecule has 0 spiro atoms. The summed E-state index contributed by atoms with van der Waals surface area (Å²) >= 11 is 1.82. The first-order valence-electron chi connectivity index (χ1n) is 16.0. The average Bonchev–Trinajstić information content (AvgIpc) is 3.90. The van der Waals surface area contributed by atoms with Gasteiger partial charge in [0.1, 0.15) is 16.8 Å². The molecule has 48 heavy (non-hydrogen) atoms. The first kappa shape index (κ1) is 25.9. The van der Waals surface area contributed by atoms with E-state index in [0.717, 1.165) is 77.9 Å². The zero-order valence-electron chi connectivity index (χ0n) is 25.5. The van der Waals surface area contributed by atoms with Crippen molar-refractivity contribution in [3.8, 4) is 28.1 Å². The fraction of sp³-hybridized carbons (Fsp3) is 0. The third-order valence-corrected chi connectivity index (χ3v) is 10.8. The molecule has 5 nitrogen and oxygen atoms in total. The van der Waals surface area contributed by atoms with E-state index in [0.29, 0.717) is 0 Å². The van der Waals surface area contributed by atoms with Crippen LogP contribution in [0.5, 0.6) is 0 Å². The Labute approximate surface area is 277 Å². The number of furan rings is 1. The van der Waals surface area contributed by atoms with Crippen molar-refractivity contribution >= 4 is 81.3 Å². The maximum Gasteiger partial charge on any atom is 0.220 e. The van der Waals surface area contributed by atoms with E-state index in [9.17, 15) is 0 Å². The molecule has 0 aliphatic heterocycles. The predicted molar refractivity (Wildman–Crippen MR) is 198 cm³/mol. The minimum Gasteiger partial charge on any atom is -0.454 e. The van der Waals surface area contributed by atoms with Crippen LogP contribution in [0.3, 0.4) is 0 Å². The highest BCUT2D eigenvalue weighted by Crippen LogP contribution is 2.43. The van der Waals surface area contributed by atoms with E-state index in [-0.39, 0.29) is 0 Å². The lowest BCUT2D eigenvalue weighted by Gasteiger charge is -2.15. The first-order valence-corrected chi connectivity index (χ1v) is 16.8. The number of benzene rings is 6. The van der Waals surface area contributed by atoms with Gasteiger partial charge in [-0.3, -0.25) is 14.0 Å². The molecule has 0 radical (unpaired) electrons. The van der Waals surface area contributed by atoms with Gasteiger partial charge in [0.25, 0.3) is 0 Å². The van der Waals surface area contributed by atoms with Crippen LogP contribution in [0.15, 0.2) is 150 Å². The van der Waals surface area contributed by atoms with E-state index in [1.54, 1.807) is 0 Å². The van der Waals surface area contributed by atoms with Crippen LogP contribution in [-0.4, -0.2) is 18.9 Å². The summed E-state index contributed by atoms with van der Waals surface area (Å²) in [6, 6.07) is 49.1. The lowest BCUT2D eigenvalue weighted by atomic mass is 9.95. The van der Waals surface area contributed by atoms with Gasteiger partial charge in [0.2, 0.25) is 5.78 Å². The maximum absolute atomic E-state index is 6.46. The molecule has 0 bridgehead atoms. The summed E-state index contributed by atoms with van der Waals surface area (Å²) < 4.78 is 13.6. The van der Waals surface area contributed by atoms with E-state index in [4.69, 9.17) is 14.4 Å². The molecule has 0 aliphatic rings. The number of nitrogens with zero attached hydrogens (tertiary/aromatic N) is 4. The summed E-state index contributed by atoms with van der Waals surface area (Å²) in [6.45, 7) is 0. The molecular weight excluding hydrogens is 609 g/mol. The zero-order valence-corrected chi connectivity index (χ0v) is 26.3. The molecular formula is C42H24N4OS. The summed E-state index contributed by atoms with van der Waals surface area (Å²) in [6.07, 6.45) is 1.89. The Morgan fingerprint density at radius 1 is 0.542 bits per heavy atom. The number of imidazole rings is 2. The Morgan fingerprint density at radius 3 is 2.19 bits per heavy atom. The quantitative estimate of drug-likeness (QED) is 0.195. The number of hydrogen-bond acceptors (Lipinski definition) is 4. The van der Waals surface area contributed by atoms with E-state index < -0.39 is 0 Å². The van der Waals surface area contributed by atoms with Crippen LogP contribution >= 0.6 is 11.3 Å². The standard InChI is InChI=1S/C42H24N4OS/c1-2-15-29(38-40-30(23-24-43-38)27-13-4-9-19-36(27)47-40)25(11-1)26-12-3-6-16-32(26)45-33-17-7-8-18-34(33)46-35-22-21-31-28-14-5-10-20-37(28)48-41(31)39(35)44-42(45)46/h1-24H. The van der Waals surface area contributed by atoms with Gasteiger partial charge >= 0.3 is 0 Å². The van der Waals surface area contributed by atoms with Crippen LogP contribution in [0.2, 0.25) is 0 Å². The van der Waals surface area contributed by atoms with Gasteiger partial charge in [0.15, 0.2) is 5.58 Å². The molecule has 0 unspecified atom stereocenters. The second-order valence-electron chi connectivity index (χ2n) is 12.2. The highest BCUT2D eigenvalue weighted by molar-refractivity contribution is 7.26. The molecule has 6 heteroatoms. The molecule has 11 aromatic rings. The molecule has 224 valence electrons. The van der Waals surface area contributed by atoms with Gasteiger partial charge in [0, 0.05) is 43.6 Å². The van der Waals surface area contributed by atoms with Crippen LogP contribution in [0.1, 0.15) is 0 Å². The van der Waals surface area contributed by atoms with E-state index >= 15 is 0 Å². The van der Waals surface area contributed by atoms with Crippen LogP contribution in [0.4, 0.5) is 0 Å². The fourth-order valence-electron chi connectivity index (χ4n) is 7.55. The maximum atomic E-state index is 6.46. The van der Waals surface area contributed by atoms with E-state index in [2.05, 4.69) is 130 Å². The molecule has 0 fully saturated rings. The summed E-state index contributed by atoms with van der Waals surface area (Å²) in [7, 11) is 0. The summed E-state index contributed by atoms with van der Waals surface area (Å²) in [5, 5.41) is 4.68. The Balaban J connectivity index is 1.21. The Morgan fingerprint density at radius 2 is 1.27 bits per heavy atom. The van der Waals surface area contributed by atoms with Gasteiger partial charge in [-0.05, 0) is 48.0 Å². The summed E-state index contributed by atoms with van der Waals surface area (Å²) in [5.41, 5.74) is 11.1. The van der Waals surface area contributed by atoms with Crippen LogP contribution in [0, 0.1) is 0 Å². The van der Waals surface area contributed by atoms with Crippen LogP contribution in [-0.2, 0) is 0 Å². The minimum absolute atomic E-state index is 0.796. The lowest BCUT2D eigenvalue weighted by Crippen LogP contribution is -1.99. The van der Waals surface area contributed by atoms with Crippen molar-refractivity contribution in [3.63, 3.8) is 0 Å². The highest BCUT2D eigenvalue weighted by Gasteiger charge is 2.23. The largest absolute Gasteiger partial charge is 0.454 e. The minimum atomic E-state index is 0.796. The van der Waals surface area contributed by atoms with Crippen molar-refractivity contribution < 1.29 is 4.42 Å². The van der Waals surface area contributed by atoms with E-state index in [1.165, 1.54) is 20.2 Å². The topological polar surface area (TPSA) is 48.3 Å². The van der Waals surface area contributed by atoms with Crippen molar-refractivity contribution in [1.82, 2.24) is 18.9 Å². The molecule has 0 N–H and O–H groups in total. The number of hydrogen-bond donors (Lipinski definition) is 0. The second-order valence-corrected chi connectivity index (χ2v) is 13.2. The van der Waals surface area contributed by atoms with Gasteiger partial charge in [-0.2, -0.15) is 0 Å². The van der Waals surface area contributed by atoms with Gasteiger partial charge in [-0.15, -0.1) is 11.3 Å². The number of para-hydroxylation sites is 4. The predicted octanol–water partition coefficient (Wildman–Crippen LogP) is 11.4. The Hall–Kier alpha value is -6.24. The van der Waals surface area contributed by atoms with Gasteiger partial charge in [-0.25, -0.2) is 4.98 Å². The number of thiophene rings is 1.